The number of nitrogens with two attached hydrogens (primary N) is 1. The largest absolute Gasteiger partial charge is 0.508 e. The molecule has 1 aromatic carbocycles. The lowest BCUT2D eigenvalue weighted by molar-refractivity contribution is -0.142. The number of carboxylic acids is 1. The smallest absolute Gasteiger partial charge is 0.326 e. The van der Waals surface area contributed by atoms with E-state index in [2.05, 4.69) is 45.9 Å². The molecule has 16 heteroatoms. The predicted molar refractivity (Wildman–Crippen MR) is 150 cm³/mol. The summed E-state index contributed by atoms with van der Waals surface area (Å²) >= 11 is 0. The van der Waals surface area contributed by atoms with E-state index in [4.69, 9.17) is 5.73 Å². The quantitative estimate of drug-likeness (QED) is 0.0788. The molecule has 0 aliphatic heterocycles. The number of H-pyrrole nitrogens is 3. The third-order valence-electron chi connectivity index (χ3n) is 6.55. The highest BCUT2D eigenvalue weighted by molar-refractivity contribution is 5.94. The Morgan fingerprint density at radius 1 is 0.674 bits per heavy atom. The summed E-state index contributed by atoms with van der Waals surface area (Å²) in [6, 6.07) is 1.23. The summed E-state index contributed by atoms with van der Waals surface area (Å²) in [5.41, 5.74) is 8.30. The minimum atomic E-state index is -1.33. The van der Waals surface area contributed by atoms with E-state index >= 15 is 0 Å². The number of aliphatic carboxylic acids is 1. The number of rotatable bonds is 15. The van der Waals surface area contributed by atoms with Crippen LogP contribution in [0, 0.1) is 0 Å². The van der Waals surface area contributed by atoms with Crippen molar-refractivity contribution in [2.75, 3.05) is 0 Å². The Morgan fingerprint density at radius 3 is 1.60 bits per heavy atom. The van der Waals surface area contributed by atoms with Crippen LogP contribution in [0.5, 0.6) is 5.75 Å². The average Bonchev–Trinajstić information content (AvgIpc) is 3.78. The fourth-order valence-corrected chi connectivity index (χ4v) is 4.27. The lowest BCUT2D eigenvalue weighted by atomic mass is 10.0. The summed E-state index contributed by atoms with van der Waals surface area (Å²) in [6.45, 7) is 0. The number of carboxylic acid groups (broad SMARTS) is 1. The zero-order valence-corrected chi connectivity index (χ0v) is 22.9. The van der Waals surface area contributed by atoms with Crippen LogP contribution in [0.4, 0.5) is 0 Å². The second-order valence-electron chi connectivity index (χ2n) is 9.84. The molecule has 0 unspecified atom stereocenters. The topological polar surface area (TPSA) is 257 Å². The molecule has 0 spiro atoms. The number of nitrogens with zero attached hydrogens (tertiary/aromatic N) is 3. The van der Waals surface area contributed by atoms with Gasteiger partial charge in [-0.3, -0.25) is 14.4 Å². The van der Waals surface area contributed by atoms with Gasteiger partial charge in [-0.1, -0.05) is 12.1 Å². The number of aromatic amines is 3. The Kier molecular flexibility index (Phi) is 10.2. The first-order valence-electron chi connectivity index (χ1n) is 13.3. The zero-order chi connectivity index (χ0) is 30.8. The number of carbonyl (C=O) groups excluding carboxylic acids is 3. The lowest BCUT2D eigenvalue weighted by Gasteiger charge is -2.25. The second kappa shape index (κ2) is 14.4. The highest BCUT2D eigenvalue weighted by atomic mass is 16.4. The van der Waals surface area contributed by atoms with Gasteiger partial charge < -0.3 is 46.8 Å². The van der Waals surface area contributed by atoms with Gasteiger partial charge in [-0.2, -0.15) is 0 Å². The number of phenols is 1. The van der Waals surface area contributed by atoms with Gasteiger partial charge in [0.2, 0.25) is 17.7 Å². The highest BCUT2D eigenvalue weighted by Gasteiger charge is 2.31. The van der Waals surface area contributed by atoms with Crippen LogP contribution in [0.1, 0.15) is 22.6 Å². The molecule has 0 fully saturated rings. The number of benzene rings is 1. The van der Waals surface area contributed by atoms with E-state index in [9.17, 15) is 29.4 Å². The minimum absolute atomic E-state index is 0.000521. The Bertz CT molecular complexity index is 1470. The van der Waals surface area contributed by atoms with E-state index in [0.29, 0.717) is 22.6 Å². The molecule has 4 atom stereocenters. The molecule has 4 aromatic rings. The molecule has 0 saturated carbocycles. The van der Waals surface area contributed by atoms with E-state index in [1.54, 1.807) is 12.1 Å². The van der Waals surface area contributed by atoms with Crippen LogP contribution in [-0.4, -0.2) is 88.0 Å². The summed E-state index contributed by atoms with van der Waals surface area (Å²) in [5.74, 6) is -3.37. The van der Waals surface area contributed by atoms with Crippen LogP contribution < -0.4 is 21.7 Å². The lowest BCUT2D eigenvalue weighted by Crippen LogP contribution is -2.58. The number of phenolic OH excluding ortho intramolecular Hbond substituents is 1. The summed E-state index contributed by atoms with van der Waals surface area (Å²) in [6.07, 6.45) is 8.75. The van der Waals surface area contributed by atoms with Crippen LogP contribution in [0.3, 0.4) is 0 Å². The van der Waals surface area contributed by atoms with Gasteiger partial charge in [-0.25, -0.2) is 19.7 Å². The predicted octanol–water partition coefficient (Wildman–Crippen LogP) is -1.30. The van der Waals surface area contributed by atoms with Crippen LogP contribution in [-0.2, 0) is 44.9 Å². The molecule has 226 valence electrons. The SMILES string of the molecule is N[C@@H](Cc1cnc[nH]1)C(=O)N[C@@H](Cc1cnc[nH]1)C(=O)N[C@@H](Cc1ccc(O)cc1)C(=O)N[C@@H](Cc1cnc[nH]1)C(=O)O. The van der Waals surface area contributed by atoms with Gasteiger partial charge >= 0.3 is 5.97 Å². The molecule has 0 saturated heterocycles. The van der Waals surface area contributed by atoms with Gasteiger partial charge in [-0.05, 0) is 17.7 Å². The first kappa shape index (κ1) is 30.4. The van der Waals surface area contributed by atoms with E-state index in [1.165, 1.54) is 49.7 Å². The monoisotopic (exact) mass is 592 g/mol. The van der Waals surface area contributed by atoms with Gasteiger partial charge in [0, 0.05) is 61.4 Å². The van der Waals surface area contributed by atoms with Crippen molar-refractivity contribution in [1.29, 1.82) is 0 Å². The molecule has 0 aliphatic rings. The molecule has 4 rings (SSSR count). The fourth-order valence-electron chi connectivity index (χ4n) is 4.27. The van der Waals surface area contributed by atoms with E-state index in [1.807, 2.05) is 0 Å². The maximum Gasteiger partial charge on any atom is 0.326 e. The molecular formula is C27H32N10O6. The van der Waals surface area contributed by atoms with Crippen molar-refractivity contribution < 1.29 is 29.4 Å². The van der Waals surface area contributed by atoms with Gasteiger partial charge in [0.25, 0.3) is 0 Å². The number of aromatic hydroxyl groups is 1. The number of nitrogens with one attached hydrogen (secondary N) is 6. The summed E-state index contributed by atoms with van der Waals surface area (Å²) in [5, 5.41) is 27.2. The standard InChI is InChI=1S/C27H32N10O6/c28-20(6-16-9-29-12-32-16)24(39)35-22(7-17-10-30-13-33-17)26(41)36-21(5-15-1-3-19(38)4-2-15)25(40)37-23(27(42)43)8-18-11-31-14-34-18/h1-4,9-14,20-23,38H,5-8,28H2,(H,29,32)(H,30,33)(H,31,34)(H,35,39)(H,36,41)(H,37,40)(H,42,43)/t20-,21-,22-,23-/m0/s1. The first-order valence-corrected chi connectivity index (χ1v) is 13.3. The normalized spacial score (nSPS) is 13.8. The summed E-state index contributed by atoms with van der Waals surface area (Å²) < 4.78 is 0. The molecule has 0 aliphatic carbocycles. The van der Waals surface area contributed by atoms with Crippen LogP contribution in [0.25, 0.3) is 0 Å². The Balaban J connectivity index is 1.52. The van der Waals surface area contributed by atoms with Crippen molar-refractivity contribution in [2.45, 2.75) is 49.9 Å². The molecule has 0 radical (unpaired) electrons. The molecule has 10 N–H and O–H groups in total. The average molecular weight is 593 g/mol. The molecule has 3 heterocycles. The number of hydrogen-bond acceptors (Lipinski definition) is 9. The molecule has 3 aromatic heterocycles. The third kappa shape index (κ3) is 8.99. The fraction of sp³-hybridized carbons (Fsp3) is 0.296. The van der Waals surface area contributed by atoms with Crippen molar-refractivity contribution >= 4 is 23.7 Å². The van der Waals surface area contributed by atoms with E-state index in [0.717, 1.165) is 0 Å². The number of hydrogen-bond donors (Lipinski definition) is 9. The van der Waals surface area contributed by atoms with Gasteiger partial charge in [0.1, 0.15) is 23.9 Å². The third-order valence-corrected chi connectivity index (χ3v) is 6.55. The maximum atomic E-state index is 13.6. The van der Waals surface area contributed by atoms with Gasteiger partial charge in [-0.15, -0.1) is 0 Å². The summed E-state index contributed by atoms with van der Waals surface area (Å²) in [7, 11) is 0. The minimum Gasteiger partial charge on any atom is -0.508 e. The number of amides is 3. The summed E-state index contributed by atoms with van der Waals surface area (Å²) in [4.78, 5) is 72.2. The molecule has 43 heavy (non-hydrogen) atoms. The maximum absolute atomic E-state index is 13.6. The van der Waals surface area contributed by atoms with Crippen molar-refractivity contribution in [1.82, 2.24) is 45.9 Å². The molecule has 0 bridgehead atoms. The second-order valence-corrected chi connectivity index (χ2v) is 9.84. The van der Waals surface area contributed by atoms with Crippen LogP contribution in [0.15, 0.2) is 61.8 Å². The van der Waals surface area contributed by atoms with Crippen molar-refractivity contribution in [3.05, 3.63) is 84.5 Å². The highest BCUT2D eigenvalue weighted by Crippen LogP contribution is 2.12. The van der Waals surface area contributed by atoms with Gasteiger partial charge in [0.15, 0.2) is 0 Å². The van der Waals surface area contributed by atoms with Crippen LogP contribution >= 0.6 is 0 Å². The van der Waals surface area contributed by atoms with Crippen molar-refractivity contribution in [2.24, 2.45) is 5.73 Å². The number of carbonyl (C=O) groups is 4. The van der Waals surface area contributed by atoms with Crippen molar-refractivity contribution in [3.63, 3.8) is 0 Å². The molecule has 16 nitrogen and oxygen atoms in total. The van der Waals surface area contributed by atoms with Crippen molar-refractivity contribution in [3.8, 4) is 5.75 Å². The first-order chi connectivity index (χ1) is 20.7. The Labute approximate surface area is 244 Å². The number of aromatic nitrogens is 6. The van der Waals surface area contributed by atoms with E-state index < -0.39 is 47.9 Å². The van der Waals surface area contributed by atoms with Gasteiger partial charge in [0.05, 0.1) is 25.0 Å². The van der Waals surface area contributed by atoms with E-state index in [-0.39, 0.29) is 31.4 Å². The molecular weight excluding hydrogens is 560 g/mol. The number of imidazole rings is 3. The zero-order valence-electron chi connectivity index (χ0n) is 22.9. The Morgan fingerprint density at radius 2 is 1.12 bits per heavy atom. The molecule has 3 amide bonds. The van der Waals surface area contributed by atoms with Crippen LogP contribution in [0.2, 0.25) is 0 Å². The Hall–Kier alpha value is -5.51.